The number of aromatic nitrogens is 4. The van der Waals surface area contributed by atoms with Crippen LogP contribution >= 0.6 is 0 Å². The minimum Gasteiger partial charge on any atom is -0.356 e. The van der Waals surface area contributed by atoms with Crippen LogP contribution < -0.4 is 10.2 Å². The highest BCUT2D eigenvalue weighted by Gasteiger charge is 2.26. The van der Waals surface area contributed by atoms with E-state index in [1.165, 1.54) is 5.56 Å². The van der Waals surface area contributed by atoms with Crippen molar-refractivity contribution in [2.24, 2.45) is 0 Å². The third-order valence-corrected chi connectivity index (χ3v) is 5.51. The highest BCUT2D eigenvalue weighted by Crippen LogP contribution is 2.25. The quantitative estimate of drug-likeness (QED) is 0.584. The number of amides is 1. The summed E-state index contributed by atoms with van der Waals surface area (Å²) in [4.78, 5) is 28.0. The standard InChI is InChI=1S/C23H28N6O/c30-22(25-12-6-9-19-7-2-1-3-8-19)17-20-10-4-5-15-29(20)21-11-13-26-23(27-21)28-16-14-24-18-28/h1-3,7-8,11,13-14,16,18,20H,4-6,9-10,12,15,17H2,(H,25,30). The number of benzene rings is 1. The molecule has 30 heavy (non-hydrogen) atoms. The number of nitrogens with zero attached hydrogens (tertiary/aromatic N) is 5. The molecule has 1 aliphatic heterocycles. The van der Waals surface area contributed by atoms with Crippen LogP contribution in [0.3, 0.4) is 0 Å². The van der Waals surface area contributed by atoms with Crippen molar-refractivity contribution in [3.05, 3.63) is 66.9 Å². The van der Waals surface area contributed by atoms with Gasteiger partial charge in [0.25, 0.3) is 0 Å². The summed E-state index contributed by atoms with van der Waals surface area (Å²) in [6.07, 6.45) is 12.7. The van der Waals surface area contributed by atoms with Gasteiger partial charge in [0, 0.05) is 44.1 Å². The summed E-state index contributed by atoms with van der Waals surface area (Å²) in [5.41, 5.74) is 1.31. The van der Waals surface area contributed by atoms with Gasteiger partial charge in [-0.1, -0.05) is 30.3 Å². The minimum absolute atomic E-state index is 0.115. The molecule has 0 bridgehead atoms. The lowest BCUT2D eigenvalue weighted by molar-refractivity contribution is -0.121. The number of anilines is 1. The number of piperidine rings is 1. The van der Waals surface area contributed by atoms with Crippen molar-refractivity contribution >= 4 is 11.7 Å². The molecule has 3 heterocycles. The van der Waals surface area contributed by atoms with Gasteiger partial charge in [-0.3, -0.25) is 9.36 Å². The number of aryl methyl sites for hydroxylation is 1. The molecule has 0 spiro atoms. The fourth-order valence-electron chi connectivity index (χ4n) is 3.97. The lowest BCUT2D eigenvalue weighted by Gasteiger charge is -2.36. The third kappa shape index (κ3) is 5.23. The molecule has 1 aromatic carbocycles. The Bertz CT molecular complexity index is 928. The van der Waals surface area contributed by atoms with Gasteiger partial charge in [0.05, 0.1) is 0 Å². The van der Waals surface area contributed by atoms with Gasteiger partial charge in [0.2, 0.25) is 11.9 Å². The monoisotopic (exact) mass is 404 g/mol. The average Bonchev–Trinajstić information content (AvgIpc) is 3.33. The molecule has 3 aromatic rings. The van der Waals surface area contributed by atoms with Crippen molar-refractivity contribution < 1.29 is 4.79 Å². The molecule has 1 fully saturated rings. The molecular weight excluding hydrogens is 376 g/mol. The lowest BCUT2D eigenvalue weighted by Crippen LogP contribution is -2.43. The summed E-state index contributed by atoms with van der Waals surface area (Å²) >= 11 is 0. The molecule has 7 heteroatoms. The summed E-state index contributed by atoms with van der Waals surface area (Å²) < 4.78 is 1.79. The van der Waals surface area contributed by atoms with Gasteiger partial charge in [-0.25, -0.2) is 9.97 Å². The lowest BCUT2D eigenvalue weighted by atomic mass is 9.99. The summed E-state index contributed by atoms with van der Waals surface area (Å²) in [5.74, 6) is 1.58. The van der Waals surface area contributed by atoms with E-state index in [1.807, 2.05) is 18.3 Å². The Labute approximate surface area is 177 Å². The first-order valence-corrected chi connectivity index (χ1v) is 10.7. The van der Waals surface area contributed by atoms with Gasteiger partial charge < -0.3 is 10.2 Å². The fourth-order valence-corrected chi connectivity index (χ4v) is 3.97. The number of carbonyl (C=O) groups excluding carboxylic acids is 1. The molecule has 2 aromatic heterocycles. The van der Waals surface area contributed by atoms with Crippen molar-refractivity contribution in [1.29, 1.82) is 0 Å². The summed E-state index contributed by atoms with van der Waals surface area (Å²) in [5, 5.41) is 3.10. The predicted molar refractivity (Wildman–Crippen MR) is 117 cm³/mol. The van der Waals surface area contributed by atoms with Crippen molar-refractivity contribution in [2.45, 2.75) is 44.6 Å². The van der Waals surface area contributed by atoms with Crippen LogP contribution in [-0.4, -0.2) is 44.6 Å². The number of hydrogen-bond acceptors (Lipinski definition) is 5. The predicted octanol–water partition coefficient (Wildman–Crippen LogP) is 3.16. The van der Waals surface area contributed by atoms with Gasteiger partial charge in [0.15, 0.2) is 0 Å². The molecule has 0 saturated carbocycles. The molecule has 1 saturated heterocycles. The zero-order valence-electron chi connectivity index (χ0n) is 17.2. The Hall–Kier alpha value is -3.22. The SMILES string of the molecule is O=C(CC1CCCCN1c1ccnc(-n2ccnc2)n1)NCCCc1ccccc1. The smallest absolute Gasteiger partial charge is 0.236 e. The Kier molecular flexibility index (Phi) is 6.69. The van der Waals surface area contributed by atoms with Crippen LogP contribution in [0.1, 0.15) is 37.7 Å². The zero-order valence-corrected chi connectivity index (χ0v) is 17.2. The number of hydrogen-bond donors (Lipinski definition) is 1. The molecule has 1 amide bonds. The van der Waals surface area contributed by atoms with Crippen LogP contribution in [0.5, 0.6) is 0 Å². The van der Waals surface area contributed by atoms with E-state index in [4.69, 9.17) is 4.98 Å². The van der Waals surface area contributed by atoms with Crippen molar-refractivity contribution in [3.8, 4) is 5.95 Å². The molecule has 1 N–H and O–H groups in total. The second-order valence-electron chi connectivity index (χ2n) is 7.67. The maximum absolute atomic E-state index is 12.6. The first kappa shape index (κ1) is 20.1. The van der Waals surface area contributed by atoms with Crippen molar-refractivity contribution in [1.82, 2.24) is 24.8 Å². The van der Waals surface area contributed by atoms with Crippen LogP contribution in [0, 0.1) is 0 Å². The zero-order chi connectivity index (χ0) is 20.6. The van der Waals surface area contributed by atoms with E-state index in [-0.39, 0.29) is 11.9 Å². The van der Waals surface area contributed by atoms with E-state index >= 15 is 0 Å². The van der Waals surface area contributed by atoms with Gasteiger partial charge in [-0.2, -0.15) is 4.98 Å². The Morgan fingerprint density at radius 1 is 1.13 bits per heavy atom. The van der Waals surface area contributed by atoms with E-state index in [0.717, 1.165) is 44.5 Å². The highest BCUT2D eigenvalue weighted by molar-refractivity contribution is 5.77. The molecule has 4 rings (SSSR count). The second kappa shape index (κ2) is 10.0. The number of nitrogens with one attached hydrogen (secondary N) is 1. The van der Waals surface area contributed by atoms with Crippen LogP contribution in [0.25, 0.3) is 5.95 Å². The average molecular weight is 405 g/mol. The molecule has 1 unspecified atom stereocenters. The number of carbonyl (C=O) groups is 1. The van der Waals surface area contributed by atoms with Gasteiger partial charge >= 0.3 is 0 Å². The van der Waals surface area contributed by atoms with Crippen LogP contribution in [0.2, 0.25) is 0 Å². The van der Waals surface area contributed by atoms with E-state index in [0.29, 0.717) is 18.9 Å². The largest absolute Gasteiger partial charge is 0.356 e. The minimum atomic E-state index is 0.115. The van der Waals surface area contributed by atoms with Gasteiger partial charge in [-0.05, 0) is 43.7 Å². The van der Waals surface area contributed by atoms with Crippen molar-refractivity contribution in [3.63, 3.8) is 0 Å². The first-order chi connectivity index (χ1) is 14.8. The third-order valence-electron chi connectivity index (χ3n) is 5.51. The molecule has 0 radical (unpaired) electrons. The maximum atomic E-state index is 12.6. The van der Waals surface area contributed by atoms with E-state index in [9.17, 15) is 4.79 Å². The maximum Gasteiger partial charge on any atom is 0.236 e. The Morgan fingerprint density at radius 2 is 2.03 bits per heavy atom. The summed E-state index contributed by atoms with van der Waals surface area (Å²) in [6.45, 7) is 1.62. The number of imidazole rings is 1. The molecular formula is C23H28N6O. The van der Waals surface area contributed by atoms with Crippen LogP contribution in [0.15, 0.2) is 61.3 Å². The summed E-state index contributed by atoms with van der Waals surface area (Å²) in [6, 6.07) is 12.5. The normalized spacial score (nSPS) is 16.4. The summed E-state index contributed by atoms with van der Waals surface area (Å²) in [7, 11) is 0. The van der Waals surface area contributed by atoms with Crippen molar-refractivity contribution in [2.75, 3.05) is 18.0 Å². The topological polar surface area (TPSA) is 75.9 Å². The molecule has 0 aliphatic carbocycles. The van der Waals surface area contributed by atoms with Gasteiger partial charge in [-0.15, -0.1) is 0 Å². The molecule has 7 nitrogen and oxygen atoms in total. The Morgan fingerprint density at radius 3 is 2.87 bits per heavy atom. The second-order valence-corrected chi connectivity index (χ2v) is 7.67. The van der Waals surface area contributed by atoms with E-state index in [2.05, 4.69) is 44.5 Å². The van der Waals surface area contributed by atoms with Crippen LogP contribution in [-0.2, 0) is 11.2 Å². The molecule has 156 valence electrons. The molecule has 1 atom stereocenters. The first-order valence-electron chi connectivity index (χ1n) is 10.7. The molecule has 1 aliphatic rings. The number of rotatable bonds is 8. The highest BCUT2D eigenvalue weighted by atomic mass is 16.1. The van der Waals surface area contributed by atoms with Crippen LogP contribution in [0.4, 0.5) is 5.82 Å². The van der Waals surface area contributed by atoms with Gasteiger partial charge in [0.1, 0.15) is 12.1 Å². The fraction of sp³-hybridized carbons (Fsp3) is 0.391. The Balaban J connectivity index is 1.32. The van der Waals surface area contributed by atoms with E-state index < -0.39 is 0 Å². The van der Waals surface area contributed by atoms with E-state index in [1.54, 1.807) is 23.3 Å².